The van der Waals surface area contributed by atoms with E-state index in [-0.39, 0.29) is 56.9 Å². The fourth-order valence-electron chi connectivity index (χ4n) is 5.48. The fourth-order valence-corrected chi connectivity index (χ4v) is 5.48. The van der Waals surface area contributed by atoms with E-state index in [4.69, 9.17) is 25.7 Å². The van der Waals surface area contributed by atoms with Gasteiger partial charge in [0.1, 0.15) is 30.5 Å². The van der Waals surface area contributed by atoms with Crippen molar-refractivity contribution in [1.29, 1.82) is 0 Å². The number of nitrogens with zero attached hydrogens (tertiary/aromatic N) is 4. The molecule has 0 saturated carbocycles. The third-order valence-corrected chi connectivity index (χ3v) is 8.34. The van der Waals surface area contributed by atoms with Gasteiger partial charge in [0.15, 0.2) is 0 Å². The topological polar surface area (TPSA) is 235 Å². The highest BCUT2D eigenvalue weighted by atomic mass is 16.6. The number of likely N-dealkylation sites (N-methyl/N-ethyl adjacent to an activating group) is 1. The molecule has 0 bridgehead atoms. The van der Waals surface area contributed by atoms with Crippen LogP contribution in [-0.2, 0) is 40.1 Å². The number of benzene rings is 2. The average molecular weight is 727 g/mol. The molecule has 52 heavy (non-hydrogen) atoms. The number of likely N-dealkylation sites (tertiary alicyclic amines) is 1. The lowest BCUT2D eigenvalue weighted by molar-refractivity contribution is -0.384. The van der Waals surface area contributed by atoms with Crippen LogP contribution in [0.1, 0.15) is 57.4 Å². The minimum Gasteiger partial charge on any atom is -0.460 e. The van der Waals surface area contributed by atoms with Crippen LogP contribution in [0.15, 0.2) is 54.6 Å². The molecule has 282 valence electrons. The smallest absolute Gasteiger partial charge is 0.417 e. The summed E-state index contributed by atoms with van der Waals surface area (Å²) in [5.74, 6) is -3.63. The van der Waals surface area contributed by atoms with E-state index in [1.165, 1.54) is 36.2 Å². The van der Waals surface area contributed by atoms with Crippen molar-refractivity contribution < 1.29 is 47.9 Å². The molecule has 0 radical (unpaired) electrons. The van der Waals surface area contributed by atoms with Gasteiger partial charge in [0.2, 0.25) is 17.7 Å². The lowest BCUT2D eigenvalue weighted by Crippen LogP contribution is -2.56. The number of ether oxygens (including phenoxy) is 3. The molecule has 1 aliphatic rings. The number of imide groups is 1. The number of carbonyl (C=O) groups excluding carboxylic acids is 6. The van der Waals surface area contributed by atoms with E-state index in [0.717, 1.165) is 10.5 Å². The molecule has 1 heterocycles. The van der Waals surface area contributed by atoms with Gasteiger partial charge in [-0.25, -0.2) is 14.5 Å². The van der Waals surface area contributed by atoms with Gasteiger partial charge in [-0.3, -0.25) is 29.3 Å². The molecule has 4 N–H and O–H groups in total. The van der Waals surface area contributed by atoms with Gasteiger partial charge in [-0.05, 0) is 56.2 Å². The molecule has 1 saturated heterocycles. The summed E-state index contributed by atoms with van der Waals surface area (Å²) in [4.78, 5) is 92.4. The van der Waals surface area contributed by atoms with Gasteiger partial charge in [-0.2, -0.15) is 0 Å². The molecular formula is C35H46N6O11. The molecule has 2 aromatic rings. The van der Waals surface area contributed by atoms with Crippen molar-refractivity contribution in [2.24, 2.45) is 11.5 Å². The number of esters is 2. The molecule has 0 aromatic heterocycles. The Bertz CT molecular complexity index is 1560. The van der Waals surface area contributed by atoms with Crippen molar-refractivity contribution in [1.82, 2.24) is 14.7 Å². The summed E-state index contributed by atoms with van der Waals surface area (Å²) in [6, 6.07) is 10.4. The van der Waals surface area contributed by atoms with E-state index < -0.39 is 71.9 Å². The summed E-state index contributed by atoms with van der Waals surface area (Å²) < 4.78 is 15.9. The van der Waals surface area contributed by atoms with Crippen LogP contribution in [0.3, 0.4) is 0 Å². The van der Waals surface area contributed by atoms with Gasteiger partial charge in [0, 0.05) is 25.7 Å². The number of nitrogens with two attached hydrogens (primary N) is 2. The quantitative estimate of drug-likeness (QED) is 0.0739. The Morgan fingerprint density at radius 2 is 1.69 bits per heavy atom. The maximum absolute atomic E-state index is 13.9. The van der Waals surface area contributed by atoms with Crippen molar-refractivity contribution in [3.8, 4) is 5.75 Å². The molecule has 3 rings (SSSR count). The van der Waals surface area contributed by atoms with Crippen molar-refractivity contribution in [3.05, 3.63) is 70.3 Å². The van der Waals surface area contributed by atoms with Crippen LogP contribution >= 0.6 is 0 Å². The Morgan fingerprint density at radius 3 is 2.33 bits per heavy atom. The Morgan fingerprint density at radius 1 is 1.00 bits per heavy atom. The number of nitro groups is 1. The summed E-state index contributed by atoms with van der Waals surface area (Å²) in [5.41, 5.74) is 12.3. The number of hydrogen-bond acceptors (Lipinski definition) is 13. The first-order valence-electron chi connectivity index (χ1n) is 17.0. The molecule has 17 nitrogen and oxygen atoms in total. The standard InChI is InChI=1S/C35H46N6O11/c1-3-4-20-50-35(47)40(30(42)21-36)28(13-8-12-27(37)33(45)51-23-24-10-6-5-7-11-24)32(44)38(2)22-31(43)39-19-9-14-29(39)34(46)52-26-17-15-25(16-18-26)41(48)49/h5-7,10-11,15-18,27-29H,3-4,8-9,12-14,19-23,36-37H2,1-2H3/t27?,28-,29-/m0/s1. The molecule has 1 unspecified atom stereocenters. The van der Waals surface area contributed by atoms with E-state index in [2.05, 4.69) is 0 Å². The molecule has 1 fully saturated rings. The van der Waals surface area contributed by atoms with Crippen LogP contribution in [-0.4, -0.2) is 107 Å². The molecule has 4 amide bonds. The summed E-state index contributed by atoms with van der Waals surface area (Å²) >= 11 is 0. The van der Waals surface area contributed by atoms with Gasteiger partial charge < -0.3 is 35.5 Å². The maximum atomic E-state index is 13.9. The van der Waals surface area contributed by atoms with Gasteiger partial charge in [-0.1, -0.05) is 43.7 Å². The number of rotatable bonds is 18. The Labute approximate surface area is 301 Å². The van der Waals surface area contributed by atoms with Crippen LogP contribution in [0.25, 0.3) is 0 Å². The highest BCUT2D eigenvalue weighted by Crippen LogP contribution is 2.23. The summed E-state index contributed by atoms with van der Waals surface area (Å²) in [6.45, 7) is 0.948. The first kappa shape index (κ1) is 41.0. The zero-order valence-electron chi connectivity index (χ0n) is 29.3. The van der Waals surface area contributed by atoms with Gasteiger partial charge in [-0.15, -0.1) is 0 Å². The largest absolute Gasteiger partial charge is 0.460 e. The van der Waals surface area contributed by atoms with Crippen LogP contribution in [0, 0.1) is 10.1 Å². The van der Waals surface area contributed by atoms with Crippen molar-refractivity contribution in [2.45, 2.75) is 76.6 Å². The van der Waals surface area contributed by atoms with Crippen LogP contribution < -0.4 is 16.2 Å². The molecule has 0 aliphatic carbocycles. The van der Waals surface area contributed by atoms with E-state index in [9.17, 15) is 38.9 Å². The van der Waals surface area contributed by atoms with E-state index in [1.807, 2.05) is 13.0 Å². The summed E-state index contributed by atoms with van der Waals surface area (Å²) in [5, 5.41) is 10.9. The van der Waals surface area contributed by atoms with Gasteiger partial charge in [0.05, 0.1) is 24.6 Å². The van der Waals surface area contributed by atoms with Gasteiger partial charge in [0.25, 0.3) is 5.69 Å². The number of unbranched alkanes of at least 4 members (excludes halogenated alkanes) is 1. The molecule has 17 heteroatoms. The first-order valence-corrected chi connectivity index (χ1v) is 17.0. The van der Waals surface area contributed by atoms with Crippen LogP contribution in [0.4, 0.5) is 10.5 Å². The minimum absolute atomic E-state index is 0.0105. The monoisotopic (exact) mass is 726 g/mol. The SMILES string of the molecule is CCCCOC(=O)N(C(=O)CN)[C@@H](CCCC(N)C(=O)OCc1ccccc1)C(=O)N(C)CC(=O)N1CCC[C@H]1C(=O)Oc1ccc([N+](=O)[O-])cc1. The van der Waals surface area contributed by atoms with Crippen molar-refractivity contribution >= 4 is 41.4 Å². The zero-order chi connectivity index (χ0) is 38.2. The number of non-ortho nitro benzene ring substituents is 1. The summed E-state index contributed by atoms with van der Waals surface area (Å²) in [7, 11) is 1.31. The van der Waals surface area contributed by atoms with Gasteiger partial charge >= 0.3 is 18.0 Å². The van der Waals surface area contributed by atoms with Crippen molar-refractivity contribution in [2.75, 3.05) is 33.3 Å². The number of nitro benzene ring substituents is 1. The van der Waals surface area contributed by atoms with E-state index in [1.54, 1.807) is 24.3 Å². The Kier molecular flexibility index (Phi) is 16.1. The molecule has 3 atom stereocenters. The number of carbonyl (C=O) groups is 6. The fraction of sp³-hybridized carbons (Fsp3) is 0.486. The third-order valence-electron chi connectivity index (χ3n) is 8.34. The second-order valence-electron chi connectivity index (χ2n) is 12.2. The maximum Gasteiger partial charge on any atom is 0.417 e. The van der Waals surface area contributed by atoms with E-state index in [0.29, 0.717) is 24.2 Å². The Hall–Kier alpha value is -5.42. The Balaban J connectivity index is 1.71. The highest BCUT2D eigenvalue weighted by molar-refractivity contribution is 5.99. The molecule has 2 aromatic carbocycles. The minimum atomic E-state index is -1.46. The second-order valence-corrected chi connectivity index (χ2v) is 12.2. The third kappa shape index (κ3) is 11.8. The zero-order valence-corrected chi connectivity index (χ0v) is 29.3. The highest BCUT2D eigenvalue weighted by Gasteiger charge is 2.40. The molecule has 0 spiro atoms. The van der Waals surface area contributed by atoms with Crippen LogP contribution in [0.2, 0.25) is 0 Å². The number of amides is 4. The molecular weight excluding hydrogens is 680 g/mol. The lowest BCUT2D eigenvalue weighted by atomic mass is 10.0. The lowest BCUT2D eigenvalue weighted by Gasteiger charge is -2.32. The first-order chi connectivity index (χ1) is 24.9. The van der Waals surface area contributed by atoms with Crippen LogP contribution in [0.5, 0.6) is 5.75 Å². The normalized spacial score (nSPS) is 14.8. The predicted molar refractivity (Wildman–Crippen MR) is 185 cm³/mol. The average Bonchev–Trinajstić information content (AvgIpc) is 3.64. The second kappa shape index (κ2) is 20.4. The van der Waals surface area contributed by atoms with Crippen molar-refractivity contribution in [3.63, 3.8) is 0 Å². The number of hydrogen-bond donors (Lipinski definition) is 2. The van der Waals surface area contributed by atoms with E-state index >= 15 is 0 Å². The molecule has 1 aliphatic heterocycles. The summed E-state index contributed by atoms with van der Waals surface area (Å²) in [6.07, 6.45) is 0.884. The predicted octanol–water partition coefficient (Wildman–Crippen LogP) is 2.28.